The number of aromatic nitrogens is 1. The number of hydrogen-bond acceptors (Lipinski definition) is 3. The summed E-state index contributed by atoms with van der Waals surface area (Å²) in [6.45, 7) is 5.85. The van der Waals surface area contributed by atoms with Gasteiger partial charge in [0.1, 0.15) is 5.82 Å². The zero-order valence-electron chi connectivity index (χ0n) is 10.9. The standard InChI is InChI=1S/C14H16ClFN2O/c1-9(2)6-17-7-11-8-18-19-14(11)10-3-4-13(16)12(15)5-10/h3-5,8-9,17H,6-7H2,1-2H3. The van der Waals surface area contributed by atoms with E-state index in [1.54, 1.807) is 18.3 Å². The molecule has 0 saturated carbocycles. The number of nitrogens with one attached hydrogen (secondary N) is 1. The van der Waals surface area contributed by atoms with E-state index in [-0.39, 0.29) is 5.02 Å². The fourth-order valence-corrected chi connectivity index (χ4v) is 1.94. The van der Waals surface area contributed by atoms with Gasteiger partial charge >= 0.3 is 0 Å². The Balaban J connectivity index is 2.16. The Morgan fingerprint density at radius 2 is 2.21 bits per heavy atom. The molecule has 0 fully saturated rings. The lowest BCUT2D eigenvalue weighted by Crippen LogP contribution is -2.18. The van der Waals surface area contributed by atoms with Crippen molar-refractivity contribution in [3.8, 4) is 11.3 Å². The van der Waals surface area contributed by atoms with Gasteiger partial charge in [-0.3, -0.25) is 0 Å². The van der Waals surface area contributed by atoms with Gasteiger partial charge in [0.2, 0.25) is 0 Å². The Morgan fingerprint density at radius 1 is 1.42 bits per heavy atom. The van der Waals surface area contributed by atoms with E-state index < -0.39 is 5.82 Å². The van der Waals surface area contributed by atoms with Crippen molar-refractivity contribution in [3.63, 3.8) is 0 Å². The van der Waals surface area contributed by atoms with Crippen LogP contribution >= 0.6 is 11.6 Å². The molecule has 5 heteroatoms. The molecule has 2 aromatic rings. The van der Waals surface area contributed by atoms with Crippen molar-refractivity contribution in [2.75, 3.05) is 6.54 Å². The van der Waals surface area contributed by atoms with Crippen LogP contribution in [0.25, 0.3) is 11.3 Å². The molecule has 0 aliphatic rings. The third-order valence-electron chi connectivity index (χ3n) is 2.69. The van der Waals surface area contributed by atoms with Gasteiger partial charge in [-0.05, 0) is 30.7 Å². The lowest BCUT2D eigenvalue weighted by molar-refractivity contribution is 0.431. The molecule has 2 rings (SSSR count). The molecule has 19 heavy (non-hydrogen) atoms. The minimum absolute atomic E-state index is 0.0787. The van der Waals surface area contributed by atoms with E-state index in [1.165, 1.54) is 6.07 Å². The number of halogens is 2. The molecule has 1 N–H and O–H groups in total. The van der Waals surface area contributed by atoms with Crippen molar-refractivity contribution in [2.45, 2.75) is 20.4 Å². The van der Waals surface area contributed by atoms with Gasteiger partial charge in [-0.25, -0.2) is 4.39 Å². The quantitative estimate of drug-likeness (QED) is 0.904. The number of rotatable bonds is 5. The number of benzene rings is 1. The van der Waals surface area contributed by atoms with E-state index in [0.717, 1.165) is 17.7 Å². The third-order valence-corrected chi connectivity index (χ3v) is 2.98. The summed E-state index contributed by atoms with van der Waals surface area (Å²) in [6.07, 6.45) is 1.67. The second kappa shape index (κ2) is 6.17. The first kappa shape index (κ1) is 14.0. The van der Waals surface area contributed by atoms with E-state index in [4.69, 9.17) is 16.1 Å². The molecule has 0 aliphatic carbocycles. The number of hydrogen-bond donors (Lipinski definition) is 1. The zero-order valence-corrected chi connectivity index (χ0v) is 11.7. The highest BCUT2D eigenvalue weighted by atomic mass is 35.5. The van der Waals surface area contributed by atoms with Crippen LogP contribution in [0.5, 0.6) is 0 Å². The zero-order chi connectivity index (χ0) is 13.8. The molecule has 0 amide bonds. The summed E-state index contributed by atoms with van der Waals surface area (Å²) in [5.41, 5.74) is 1.66. The smallest absolute Gasteiger partial charge is 0.171 e. The first-order chi connectivity index (χ1) is 9.08. The Morgan fingerprint density at radius 3 is 2.89 bits per heavy atom. The van der Waals surface area contributed by atoms with Crippen LogP contribution in [0.2, 0.25) is 5.02 Å². The second-order valence-electron chi connectivity index (χ2n) is 4.83. The summed E-state index contributed by atoms with van der Waals surface area (Å²) in [5.74, 6) is 0.756. The summed E-state index contributed by atoms with van der Waals surface area (Å²) < 4.78 is 18.4. The van der Waals surface area contributed by atoms with E-state index in [9.17, 15) is 4.39 Å². The lowest BCUT2D eigenvalue weighted by Gasteiger charge is -2.07. The van der Waals surface area contributed by atoms with E-state index in [2.05, 4.69) is 24.3 Å². The monoisotopic (exact) mass is 282 g/mol. The van der Waals surface area contributed by atoms with Crippen LogP contribution in [0, 0.1) is 11.7 Å². The fourth-order valence-electron chi connectivity index (χ4n) is 1.76. The fraction of sp³-hybridized carbons (Fsp3) is 0.357. The van der Waals surface area contributed by atoms with Crippen LogP contribution in [0.3, 0.4) is 0 Å². The van der Waals surface area contributed by atoms with E-state index >= 15 is 0 Å². The Hall–Kier alpha value is -1.39. The van der Waals surface area contributed by atoms with Crippen molar-refractivity contribution in [3.05, 3.63) is 40.8 Å². The lowest BCUT2D eigenvalue weighted by atomic mass is 10.1. The molecule has 0 bridgehead atoms. The van der Waals surface area contributed by atoms with Gasteiger partial charge in [0.15, 0.2) is 5.76 Å². The highest BCUT2D eigenvalue weighted by Crippen LogP contribution is 2.27. The average Bonchev–Trinajstić information content (AvgIpc) is 2.80. The van der Waals surface area contributed by atoms with Crippen molar-refractivity contribution in [1.29, 1.82) is 0 Å². The van der Waals surface area contributed by atoms with Gasteiger partial charge in [-0.2, -0.15) is 0 Å². The molecule has 1 heterocycles. The topological polar surface area (TPSA) is 38.1 Å². The van der Waals surface area contributed by atoms with Crippen molar-refractivity contribution >= 4 is 11.6 Å². The molecular formula is C14H16ClFN2O. The van der Waals surface area contributed by atoms with Crippen molar-refractivity contribution < 1.29 is 8.91 Å². The molecule has 0 spiro atoms. The normalized spacial score (nSPS) is 11.2. The summed E-state index contributed by atoms with van der Waals surface area (Å²) in [5, 5.41) is 7.19. The van der Waals surface area contributed by atoms with Gasteiger partial charge in [0.25, 0.3) is 0 Å². The van der Waals surface area contributed by atoms with E-state index in [1.807, 2.05) is 0 Å². The maximum absolute atomic E-state index is 13.1. The predicted molar refractivity (Wildman–Crippen MR) is 73.5 cm³/mol. The molecule has 102 valence electrons. The summed E-state index contributed by atoms with van der Waals surface area (Å²) in [6, 6.07) is 4.50. The summed E-state index contributed by atoms with van der Waals surface area (Å²) >= 11 is 5.78. The van der Waals surface area contributed by atoms with Gasteiger partial charge in [0.05, 0.1) is 11.2 Å². The van der Waals surface area contributed by atoms with E-state index in [0.29, 0.717) is 18.2 Å². The first-order valence-corrected chi connectivity index (χ1v) is 6.55. The molecule has 1 aromatic heterocycles. The highest BCUT2D eigenvalue weighted by molar-refractivity contribution is 6.31. The van der Waals surface area contributed by atoms with Gasteiger partial charge in [-0.1, -0.05) is 30.6 Å². The first-order valence-electron chi connectivity index (χ1n) is 6.17. The Kier molecular flexibility index (Phi) is 4.56. The Bertz CT molecular complexity index is 554. The number of nitrogens with zero attached hydrogens (tertiary/aromatic N) is 1. The van der Waals surface area contributed by atoms with Crippen LogP contribution in [0.15, 0.2) is 28.9 Å². The predicted octanol–water partition coefficient (Wildman–Crippen LogP) is 3.88. The third kappa shape index (κ3) is 3.55. The minimum atomic E-state index is -0.440. The molecule has 0 saturated heterocycles. The second-order valence-corrected chi connectivity index (χ2v) is 5.24. The SMILES string of the molecule is CC(C)CNCc1cnoc1-c1ccc(F)c(Cl)c1. The highest BCUT2D eigenvalue weighted by Gasteiger charge is 2.12. The van der Waals surface area contributed by atoms with Crippen LogP contribution < -0.4 is 5.32 Å². The molecule has 3 nitrogen and oxygen atoms in total. The van der Waals surface area contributed by atoms with Gasteiger partial charge < -0.3 is 9.84 Å². The summed E-state index contributed by atoms with van der Waals surface area (Å²) in [7, 11) is 0. The minimum Gasteiger partial charge on any atom is -0.356 e. The van der Waals surface area contributed by atoms with Crippen molar-refractivity contribution in [2.24, 2.45) is 5.92 Å². The molecular weight excluding hydrogens is 267 g/mol. The maximum Gasteiger partial charge on any atom is 0.171 e. The van der Waals surface area contributed by atoms with Crippen LogP contribution in [0.4, 0.5) is 4.39 Å². The molecule has 0 radical (unpaired) electrons. The summed E-state index contributed by atoms with van der Waals surface area (Å²) in [4.78, 5) is 0. The average molecular weight is 283 g/mol. The van der Waals surface area contributed by atoms with Gasteiger partial charge in [-0.15, -0.1) is 0 Å². The van der Waals surface area contributed by atoms with Crippen LogP contribution in [0.1, 0.15) is 19.4 Å². The van der Waals surface area contributed by atoms with Crippen LogP contribution in [-0.2, 0) is 6.54 Å². The maximum atomic E-state index is 13.1. The Labute approximate surface area is 116 Å². The molecule has 0 atom stereocenters. The molecule has 0 unspecified atom stereocenters. The van der Waals surface area contributed by atoms with Crippen LogP contribution in [-0.4, -0.2) is 11.7 Å². The molecule has 1 aromatic carbocycles. The largest absolute Gasteiger partial charge is 0.356 e. The molecule has 0 aliphatic heterocycles. The van der Waals surface area contributed by atoms with Crippen molar-refractivity contribution in [1.82, 2.24) is 10.5 Å². The van der Waals surface area contributed by atoms with Gasteiger partial charge in [0, 0.05) is 17.7 Å².